The minimum absolute atomic E-state index is 0.0139. The molecular formula is C11H21NO3. The number of hydrogen-bond donors (Lipinski definition) is 2. The van der Waals surface area contributed by atoms with Crippen molar-refractivity contribution in [1.29, 1.82) is 0 Å². The van der Waals surface area contributed by atoms with Gasteiger partial charge in [-0.15, -0.1) is 0 Å². The van der Waals surface area contributed by atoms with E-state index in [9.17, 15) is 9.90 Å². The summed E-state index contributed by atoms with van der Waals surface area (Å²) in [6.07, 6.45) is 5.44. The van der Waals surface area contributed by atoms with Gasteiger partial charge in [-0.25, -0.2) is 0 Å². The number of ether oxygens (including phenoxy) is 1. The maximum Gasteiger partial charge on any atom is 0.309 e. The number of hydrogen-bond acceptors (Lipinski definition) is 4. The Morgan fingerprint density at radius 3 is 2.60 bits per heavy atom. The number of nitrogens with two attached hydrogens (primary N) is 1. The first kappa shape index (κ1) is 12.5. The monoisotopic (exact) mass is 215 g/mol. The molecule has 0 aromatic heterocycles. The minimum Gasteiger partial charge on any atom is -0.462 e. The van der Waals surface area contributed by atoms with Gasteiger partial charge in [-0.2, -0.15) is 0 Å². The van der Waals surface area contributed by atoms with Gasteiger partial charge in [0.1, 0.15) is 6.10 Å². The average Bonchev–Trinajstić information content (AvgIpc) is 2.18. The summed E-state index contributed by atoms with van der Waals surface area (Å²) >= 11 is 0. The normalized spacial score (nSPS) is 22.1. The molecule has 0 aromatic carbocycles. The Morgan fingerprint density at radius 1 is 1.47 bits per heavy atom. The first-order valence-corrected chi connectivity index (χ1v) is 5.65. The zero-order chi connectivity index (χ0) is 11.3. The van der Waals surface area contributed by atoms with E-state index in [1.807, 2.05) is 0 Å². The summed E-state index contributed by atoms with van der Waals surface area (Å²) in [4.78, 5) is 11.4. The van der Waals surface area contributed by atoms with Crippen LogP contribution in [0.25, 0.3) is 0 Å². The van der Waals surface area contributed by atoms with Crippen LogP contribution in [-0.4, -0.2) is 29.3 Å². The van der Waals surface area contributed by atoms with Crippen molar-refractivity contribution in [3.8, 4) is 0 Å². The highest BCUT2D eigenvalue weighted by Crippen LogP contribution is 2.21. The number of esters is 1. The highest BCUT2D eigenvalue weighted by atomic mass is 16.5. The van der Waals surface area contributed by atoms with Crippen LogP contribution >= 0.6 is 0 Å². The first-order chi connectivity index (χ1) is 7.03. The lowest BCUT2D eigenvalue weighted by atomic mass is 9.97. The molecule has 0 amide bonds. The van der Waals surface area contributed by atoms with Gasteiger partial charge in [0.15, 0.2) is 0 Å². The van der Waals surface area contributed by atoms with Gasteiger partial charge in [0.25, 0.3) is 0 Å². The Bertz CT molecular complexity index is 210. The molecule has 4 nitrogen and oxygen atoms in total. The van der Waals surface area contributed by atoms with Crippen LogP contribution in [0.5, 0.6) is 0 Å². The molecule has 1 aliphatic carbocycles. The molecule has 0 aromatic rings. The lowest BCUT2D eigenvalue weighted by molar-refractivity contribution is -0.155. The second-order valence-corrected chi connectivity index (χ2v) is 4.63. The van der Waals surface area contributed by atoms with Gasteiger partial charge in [0.2, 0.25) is 0 Å². The second-order valence-electron chi connectivity index (χ2n) is 4.63. The van der Waals surface area contributed by atoms with Gasteiger partial charge in [-0.1, -0.05) is 6.42 Å². The first-order valence-electron chi connectivity index (χ1n) is 5.65. The van der Waals surface area contributed by atoms with Crippen LogP contribution in [0.1, 0.15) is 45.4 Å². The third kappa shape index (κ3) is 4.62. The van der Waals surface area contributed by atoms with E-state index >= 15 is 0 Å². The molecular weight excluding hydrogens is 194 g/mol. The van der Waals surface area contributed by atoms with Crippen LogP contribution in [0, 0.1) is 0 Å². The predicted octanol–water partition coefficient (Wildman–Crippen LogP) is 0.962. The van der Waals surface area contributed by atoms with Crippen molar-refractivity contribution in [2.24, 2.45) is 5.73 Å². The van der Waals surface area contributed by atoms with E-state index < -0.39 is 5.60 Å². The highest BCUT2D eigenvalue weighted by Gasteiger charge is 2.25. The summed E-state index contributed by atoms with van der Waals surface area (Å²) < 4.78 is 5.27. The summed E-state index contributed by atoms with van der Waals surface area (Å²) in [6.45, 7) is 1.63. The lowest BCUT2D eigenvalue weighted by Gasteiger charge is -2.25. The van der Waals surface area contributed by atoms with Crippen molar-refractivity contribution in [2.75, 3.05) is 6.54 Å². The largest absolute Gasteiger partial charge is 0.462 e. The predicted molar refractivity (Wildman–Crippen MR) is 57.3 cm³/mol. The summed E-state index contributed by atoms with van der Waals surface area (Å²) in [5.74, 6) is -0.336. The Labute approximate surface area is 90.8 Å². The van der Waals surface area contributed by atoms with Crippen molar-refractivity contribution >= 4 is 5.97 Å². The zero-order valence-electron chi connectivity index (χ0n) is 9.37. The van der Waals surface area contributed by atoms with Gasteiger partial charge < -0.3 is 15.6 Å². The average molecular weight is 215 g/mol. The van der Waals surface area contributed by atoms with E-state index in [1.54, 1.807) is 6.92 Å². The van der Waals surface area contributed by atoms with Gasteiger partial charge in [-0.3, -0.25) is 4.79 Å². The number of carbonyl (C=O) groups excluding carboxylic acids is 1. The van der Waals surface area contributed by atoms with E-state index in [1.165, 1.54) is 6.42 Å². The topological polar surface area (TPSA) is 72.5 Å². The minimum atomic E-state index is -1.13. The molecule has 88 valence electrons. The van der Waals surface area contributed by atoms with Crippen molar-refractivity contribution in [1.82, 2.24) is 0 Å². The van der Waals surface area contributed by atoms with Crippen LogP contribution < -0.4 is 5.73 Å². The fourth-order valence-electron chi connectivity index (χ4n) is 1.79. The Balaban J connectivity index is 2.28. The van der Waals surface area contributed by atoms with E-state index in [0.29, 0.717) is 0 Å². The lowest BCUT2D eigenvalue weighted by Crippen LogP contribution is -2.38. The SMILES string of the molecule is CC(O)(CN)CC(=O)OC1CCCCC1. The van der Waals surface area contributed by atoms with E-state index in [4.69, 9.17) is 10.5 Å². The Kier molecular flexibility index (Phi) is 4.54. The Morgan fingerprint density at radius 2 is 2.07 bits per heavy atom. The number of rotatable bonds is 4. The van der Waals surface area contributed by atoms with Crippen molar-refractivity contribution in [3.05, 3.63) is 0 Å². The molecule has 0 heterocycles. The summed E-state index contributed by atoms with van der Waals surface area (Å²) in [5.41, 5.74) is 4.20. The van der Waals surface area contributed by atoms with Crippen LogP contribution in [0.15, 0.2) is 0 Å². The molecule has 1 aliphatic rings. The van der Waals surface area contributed by atoms with Crippen LogP contribution in [0.4, 0.5) is 0 Å². The summed E-state index contributed by atoms with van der Waals surface area (Å²) in [6, 6.07) is 0. The van der Waals surface area contributed by atoms with Crippen LogP contribution in [-0.2, 0) is 9.53 Å². The van der Waals surface area contributed by atoms with E-state index in [0.717, 1.165) is 25.7 Å². The molecule has 0 aliphatic heterocycles. The molecule has 15 heavy (non-hydrogen) atoms. The fraction of sp³-hybridized carbons (Fsp3) is 0.909. The quantitative estimate of drug-likeness (QED) is 0.685. The molecule has 0 saturated heterocycles. The maximum atomic E-state index is 11.4. The smallest absolute Gasteiger partial charge is 0.309 e. The standard InChI is InChI=1S/C11H21NO3/c1-11(14,8-12)7-10(13)15-9-5-3-2-4-6-9/h9,14H,2-8,12H2,1H3. The number of aliphatic hydroxyl groups is 1. The van der Waals surface area contributed by atoms with Crippen LogP contribution in [0.3, 0.4) is 0 Å². The third-order valence-corrected chi connectivity index (χ3v) is 2.82. The maximum absolute atomic E-state index is 11.4. The summed E-state index contributed by atoms with van der Waals surface area (Å²) in [7, 11) is 0. The molecule has 0 radical (unpaired) electrons. The molecule has 1 saturated carbocycles. The van der Waals surface area contributed by atoms with Gasteiger partial charge in [0.05, 0.1) is 12.0 Å². The Hall–Kier alpha value is -0.610. The van der Waals surface area contributed by atoms with Crippen molar-refractivity contribution in [3.63, 3.8) is 0 Å². The molecule has 3 N–H and O–H groups in total. The molecule has 1 rings (SSSR count). The molecule has 1 fully saturated rings. The van der Waals surface area contributed by atoms with Gasteiger partial charge in [0, 0.05) is 6.54 Å². The van der Waals surface area contributed by atoms with E-state index in [2.05, 4.69) is 0 Å². The van der Waals surface area contributed by atoms with E-state index in [-0.39, 0.29) is 25.0 Å². The molecule has 1 atom stereocenters. The molecule has 4 heteroatoms. The molecule has 0 bridgehead atoms. The second kappa shape index (κ2) is 5.47. The fourth-order valence-corrected chi connectivity index (χ4v) is 1.79. The van der Waals surface area contributed by atoms with Crippen LogP contribution in [0.2, 0.25) is 0 Å². The summed E-state index contributed by atoms with van der Waals surface area (Å²) in [5, 5.41) is 9.60. The molecule has 0 spiro atoms. The van der Waals surface area contributed by atoms with Crippen molar-refractivity contribution in [2.45, 2.75) is 57.2 Å². The van der Waals surface area contributed by atoms with Crippen molar-refractivity contribution < 1.29 is 14.6 Å². The third-order valence-electron chi connectivity index (χ3n) is 2.82. The van der Waals surface area contributed by atoms with Gasteiger partial charge >= 0.3 is 5.97 Å². The molecule has 1 unspecified atom stereocenters. The number of carbonyl (C=O) groups is 1. The zero-order valence-corrected chi connectivity index (χ0v) is 9.37. The van der Waals surface area contributed by atoms with Gasteiger partial charge in [-0.05, 0) is 32.6 Å². The highest BCUT2D eigenvalue weighted by molar-refractivity contribution is 5.70.